The number of nitrogens with zero attached hydrogens (tertiary/aromatic N) is 3. The van der Waals surface area contributed by atoms with Crippen LogP contribution in [-0.2, 0) is 0 Å². The van der Waals surface area contributed by atoms with Crippen molar-refractivity contribution in [2.45, 2.75) is 25.6 Å². The van der Waals surface area contributed by atoms with Gasteiger partial charge in [-0.15, -0.1) is 0 Å². The molecule has 2 aromatic carbocycles. The van der Waals surface area contributed by atoms with Gasteiger partial charge in [-0.1, -0.05) is 29.3 Å². The zero-order valence-corrected chi connectivity index (χ0v) is 16.0. The molecule has 3 heterocycles. The number of aromatic nitrogens is 1. The Balaban J connectivity index is 1.63. The number of hydrogen-bond donors (Lipinski definition) is 1. The fourth-order valence-corrected chi connectivity index (χ4v) is 4.00. The fraction of sp³-hybridized carbons (Fsp3) is 0.182. The van der Waals surface area contributed by atoms with Gasteiger partial charge in [0.05, 0.1) is 11.8 Å². The summed E-state index contributed by atoms with van der Waals surface area (Å²) < 4.78 is 6.26. The molecule has 3 aromatic rings. The third-order valence-electron chi connectivity index (χ3n) is 5.16. The van der Waals surface area contributed by atoms with E-state index in [4.69, 9.17) is 21.4 Å². The predicted octanol–water partition coefficient (Wildman–Crippen LogP) is 4.99. The fourth-order valence-electron chi connectivity index (χ4n) is 3.82. The first-order valence-corrected chi connectivity index (χ1v) is 9.51. The summed E-state index contributed by atoms with van der Waals surface area (Å²) in [5.41, 5.74) is 4.42. The molecule has 0 radical (unpaired) electrons. The highest BCUT2D eigenvalue weighted by atomic mass is 35.5. The van der Waals surface area contributed by atoms with E-state index < -0.39 is 6.23 Å². The molecule has 140 valence electrons. The van der Waals surface area contributed by atoms with Gasteiger partial charge in [-0.2, -0.15) is 5.10 Å². The molecule has 6 heteroatoms. The van der Waals surface area contributed by atoms with E-state index in [1.165, 1.54) is 0 Å². The number of pyridine rings is 1. The molecule has 0 bridgehead atoms. The third-order valence-corrected chi connectivity index (χ3v) is 5.39. The second kappa shape index (κ2) is 6.53. The van der Waals surface area contributed by atoms with Gasteiger partial charge < -0.3 is 9.84 Å². The molecule has 5 nitrogen and oxygen atoms in total. The lowest BCUT2D eigenvalue weighted by molar-refractivity contribution is -0.0218. The molecule has 2 aliphatic heterocycles. The summed E-state index contributed by atoms with van der Waals surface area (Å²) in [6.07, 6.45) is 1.96. The smallest absolute Gasteiger partial charge is 0.230 e. The monoisotopic (exact) mass is 391 g/mol. The van der Waals surface area contributed by atoms with Gasteiger partial charge in [0, 0.05) is 28.8 Å². The van der Waals surface area contributed by atoms with Crippen molar-refractivity contribution >= 4 is 17.3 Å². The molecule has 0 spiro atoms. The van der Waals surface area contributed by atoms with Crippen LogP contribution in [0.5, 0.6) is 11.5 Å². The predicted molar refractivity (Wildman–Crippen MR) is 108 cm³/mol. The first kappa shape index (κ1) is 17.1. The van der Waals surface area contributed by atoms with Crippen molar-refractivity contribution in [3.8, 4) is 11.5 Å². The number of benzene rings is 2. The normalized spacial score (nSPS) is 20.2. The summed E-state index contributed by atoms with van der Waals surface area (Å²) in [4.78, 5) is 4.47. The van der Waals surface area contributed by atoms with Crippen LogP contribution in [0.15, 0.2) is 65.9 Å². The summed E-state index contributed by atoms with van der Waals surface area (Å²) in [7, 11) is 0. The molecule has 2 aliphatic rings. The van der Waals surface area contributed by atoms with Crippen molar-refractivity contribution in [1.82, 2.24) is 9.99 Å². The average molecular weight is 392 g/mol. The quantitative estimate of drug-likeness (QED) is 0.668. The Kier molecular flexibility index (Phi) is 3.98. The lowest BCUT2D eigenvalue weighted by Crippen LogP contribution is -2.34. The Hall–Kier alpha value is -3.05. The van der Waals surface area contributed by atoms with Crippen LogP contribution >= 0.6 is 11.6 Å². The van der Waals surface area contributed by atoms with E-state index in [0.717, 1.165) is 33.8 Å². The van der Waals surface area contributed by atoms with Crippen LogP contribution in [0.1, 0.15) is 41.1 Å². The molecule has 1 N–H and O–H groups in total. The number of hydrazone groups is 1. The molecular formula is C22H18ClN3O2. The molecule has 0 saturated carbocycles. The van der Waals surface area contributed by atoms with Crippen LogP contribution in [0.4, 0.5) is 0 Å². The van der Waals surface area contributed by atoms with Crippen molar-refractivity contribution < 1.29 is 9.84 Å². The second-order valence-corrected chi connectivity index (χ2v) is 7.51. The van der Waals surface area contributed by atoms with Gasteiger partial charge in [0.25, 0.3) is 0 Å². The van der Waals surface area contributed by atoms with Crippen molar-refractivity contribution in [3.05, 3.63) is 88.2 Å². The SMILES string of the molecule is Cc1ccc(O)c(C2=NN3[C@H](C2)c2cc(Cl)ccc2O[C@H]3c2ccccn2)c1. The Labute approximate surface area is 167 Å². The maximum Gasteiger partial charge on any atom is 0.230 e. The highest BCUT2D eigenvalue weighted by Gasteiger charge is 2.42. The molecule has 0 saturated heterocycles. The lowest BCUT2D eigenvalue weighted by Gasteiger charge is -2.37. The number of rotatable bonds is 2. The van der Waals surface area contributed by atoms with Gasteiger partial charge in [-0.05, 0) is 49.4 Å². The number of halogens is 1. The Morgan fingerprint density at radius 1 is 1.14 bits per heavy atom. The number of fused-ring (bicyclic) bond motifs is 3. The maximum absolute atomic E-state index is 10.4. The number of phenols is 1. The summed E-state index contributed by atoms with van der Waals surface area (Å²) in [5, 5.41) is 17.8. The van der Waals surface area contributed by atoms with Crippen LogP contribution in [-0.4, -0.2) is 20.8 Å². The molecule has 0 unspecified atom stereocenters. The molecule has 1 aromatic heterocycles. The van der Waals surface area contributed by atoms with Crippen molar-refractivity contribution in [2.24, 2.45) is 5.10 Å². The minimum atomic E-state index is -0.440. The van der Waals surface area contributed by atoms with E-state index in [2.05, 4.69) is 4.98 Å². The Morgan fingerprint density at radius 3 is 2.86 bits per heavy atom. The van der Waals surface area contributed by atoms with Gasteiger partial charge in [-0.25, -0.2) is 5.01 Å². The van der Waals surface area contributed by atoms with E-state index >= 15 is 0 Å². The summed E-state index contributed by atoms with van der Waals surface area (Å²) in [6.45, 7) is 2.00. The highest BCUT2D eigenvalue weighted by molar-refractivity contribution is 6.30. The van der Waals surface area contributed by atoms with Crippen LogP contribution in [0, 0.1) is 6.92 Å². The van der Waals surface area contributed by atoms with Crippen LogP contribution in [0.25, 0.3) is 0 Å². The molecular weight excluding hydrogens is 374 g/mol. The van der Waals surface area contributed by atoms with Crippen LogP contribution in [0.3, 0.4) is 0 Å². The van der Waals surface area contributed by atoms with Crippen molar-refractivity contribution in [2.75, 3.05) is 0 Å². The van der Waals surface area contributed by atoms with Crippen LogP contribution in [0.2, 0.25) is 5.02 Å². The van der Waals surface area contributed by atoms with Gasteiger partial charge >= 0.3 is 0 Å². The standard InChI is InChI=1S/C22H18ClN3O2/c1-13-5-7-20(27)15(10-13)18-12-19-16-11-14(23)6-8-21(16)28-22(26(19)25-18)17-4-2-3-9-24-17/h2-11,19,22,27H,12H2,1H3/t19-,22+/m1/s1. The molecule has 0 amide bonds. The van der Waals surface area contributed by atoms with Gasteiger partial charge in [0.2, 0.25) is 6.23 Å². The Bertz CT molecular complexity index is 1080. The van der Waals surface area contributed by atoms with E-state index in [1.807, 2.05) is 60.5 Å². The average Bonchev–Trinajstić information content (AvgIpc) is 3.15. The summed E-state index contributed by atoms with van der Waals surface area (Å²) in [6, 6.07) is 16.9. The summed E-state index contributed by atoms with van der Waals surface area (Å²) >= 11 is 6.26. The minimum Gasteiger partial charge on any atom is -0.507 e. The number of aryl methyl sites for hydroxylation is 1. The largest absolute Gasteiger partial charge is 0.507 e. The minimum absolute atomic E-state index is 0.0376. The molecule has 0 fully saturated rings. The maximum atomic E-state index is 10.4. The zero-order valence-electron chi connectivity index (χ0n) is 15.2. The zero-order chi connectivity index (χ0) is 19.3. The van der Waals surface area contributed by atoms with E-state index in [-0.39, 0.29) is 11.8 Å². The van der Waals surface area contributed by atoms with Gasteiger partial charge in [-0.3, -0.25) is 4.98 Å². The van der Waals surface area contributed by atoms with Crippen molar-refractivity contribution in [1.29, 1.82) is 0 Å². The van der Waals surface area contributed by atoms with Crippen molar-refractivity contribution in [3.63, 3.8) is 0 Å². The van der Waals surface area contributed by atoms with Gasteiger partial charge in [0.15, 0.2) is 0 Å². The second-order valence-electron chi connectivity index (χ2n) is 7.07. The molecule has 28 heavy (non-hydrogen) atoms. The summed E-state index contributed by atoms with van der Waals surface area (Å²) in [5.74, 6) is 1.01. The van der Waals surface area contributed by atoms with Crippen LogP contribution < -0.4 is 4.74 Å². The van der Waals surface area contributed by atoms with E-state index in [9.17, 15) is 5.11 Å². The molecule has 5 rings (SSSR count). The lowest BCUT2D eigenvalue weighted by atomic mass is 9.95. The van der Waals surface area contributed by atoms with E-state index in [1.54, 1.807) is 12.3 Å². The number of phenolic OH excluding ortho intramolecular Hbond substituents is 1. The third kappa shape index (κ3) is 2.79. The molecule has 0 aliphatic carbocycles. The number of ether oxygens (including phenoxy) is 1. The topological polar surface area (TPSA) is 58.0 Å². The first-order chi connectivity index (χ1) is 13.6. The highest BCUT2D eigenvalue weighted by Crippen LogP contribution is 2.48. The number of aromatic hydroxyl groups is 1. The first-order valence-electron chi connectivity index (χ1n) is 9.13. The molecule has 2 atom stereocenters. The van der Waals surface area contributed by atoms with E-state index in [0.29, 0.717) is 11.4 Å². The Morgan fingerprint density at radius 2 is 2.04 bits per heavy atom. The van der Waals surface area contributed by atoms with Gasteiger partial charge in [0.1, 0.15) is 17.2 Å². The number of hydrogen-bond acceptors (Lipinski definition) is 5.